The lowest BCUT2D eigenvalue weighted by molar-refractivity contribution is -0.143. The first-order valence-corrected chi connectivity index (χ1v) is 10.2. The lowest BCUT2D eigenvalue weighted by Crippen LogP contribution is -2.18. The van der Waals surface area contributed by atoms with Crippen LogP contribution in [0.5, 0.6) is 0 Å². The Hall–Kier alpha value is -2.56. The maximum Gasteiger partial charge on any atom is 0.416 e. The number of aryl methyl sites for hydroxylation is 1. The van der Waals surface area contributed by atoms with Crippen molar-refractivity contribution in [3.63, 3.8) is 0 Å². The normalized spacial score (nSPS) is 14.2. The second-order valence-corrected chi connectivity index (χ2v) is 7.99. The van der Waals surface area contributed by atoms with Gasteiger partial charge in [-0.3, -0.25) is 4.79 Å². The first-order valence-electron chi connectivity index (χ1n) is 9.34. The number of nitrogens with one attached hydrogen (secondary N) is 1. The molecule has 3 rings (SSSR count). The molecule has 1 aromatic carbocycles. The number of esters is 1. The van der Waals surface area contributed by atoms with E-state index < -0.39 is 40.9 Å². The Bertz CT molecular complexity index is 977. The largest absolute Gasteiger partial charge is 0.462 e. The minimum absolute atomic E-state index is 0.0509. The van der Waals surface area contributed by atoms with Gasteiger partial charge in [-0.1, -0.05) is 0 Å². The smallest absolute Gasteiger partial charge is 0.416 e. The van der Waals surface area contributed by atoms with Crippen LogP contribution in [0.25, 0.3) is 0 Å². The number of benzene rings is 1. The fourth-order valence-electron chi connectivity index (χ4n) is 3.33. The van der Waals surface area contributed by atoms with Crippen molar-refractivity contribution in [2.45, 2.75) is 45.0 Å². The van der Waals surface area contributed by atoms with Crippen molar-refractivity contribution in [1.82, 2.24) is 0 Å². The summed E-state index contributed by atoms with van der Waals surface area (Å²) in [6.07, 6.45) is -7.25. The molecule has 168 valence electrons. The molecule has 0 radical (unpaired) electrons. The quantitative estimate of drug-likeness (QED) is 0.439. The molecule has 11 heteroatoms. The Morgan fingerprint density at radius 2 is 1.58 bits per heavy atom. The summed E-state index contributed by atoms with van der Waals surface area (Å²) in [5, 5.41) is 2.38. The number of anilines is 1. The maximum absolute atomic E-state index is 13.1. The highest BCUT2D eigenvalue weighted by Gasteiger charge is 2.38. The van der Waals surface area contributed by atoms with Gasteiger partial charge >= 0.3 is 18.3 Å². The number of ether oxygens (including phenoxy) is 1. The molecule has 31 heavy (non-hydrogen) atoms. The Morgan fingerprint density at radius 1 is 1.00 bits per heavy atom. The number of rotatable bonds is 4. The van der Waals surface area contributed by atoms with Gasteiger partial charge in [-0.05, 0) is 56.4 Å². The molecule has 1 amide bonds. The van der Waals surface area contributed by atoms with Crippen LogP contribution in [0.15, 0.2) is 18.2 Å². The van der Waals surface area contributed by atoms with Gasteiger partial charge < -0.3 is 10.1 Å². The van der Waals surface area contributed by atoms with Crippen molar-refractivity contribution in [1.29, 1.82) is 0 Å². The van der Waals surface area contributed by atoms with Crippen molar-refractivity contribution in [3.05, 3.63) is 50.9 Å². The summed E-state index contributed by atoms with van der Waals surface area (Å²) in [6.45, 7) is 1.66. The van der Waals surface area contributed by atoms with Gasteiger partial charge in [0.1, 0.15) is 5.00 Å². The van der Waals surface area contributed by atoms with Crippen LogP contribution < -0.4 is 5.32 Å². The van der Waals surface area contributed by atoms with E-state index in [1.807, 2.05) is 0 Å². The van der Waals surface area contributed by atoms with E-state index in [2.05, 4.69) is 5.32 Å². The molecule has 1 aliphatic carbocycles. The van der Waals surface area contributed by atoms with Crippen LogP contribution in [0.2, 0.25) is 0 Å². The molecule has 0 saturated heterocycles. The van der Waals surface area contributed by atoms with E-state index in [9.17, 15) is 35.9 Å². The average molecular weight is 465 g/mol. The number of alkyl halides is 6. The second-order valence-electron chi connectivity index (χ2n) is 6.88. The zero-order valence-corrected chi connectivity index (χ0v) is 17.0. The molecule has 0 fully saturated rings. The van der Waals surface area contributed by atoms with E-state index in [-0.39, 0.29) is 23.2 Å². The molecule has 0 atom stereocenters. The molecular formula is C20H17F6NO3S. The molecule has 4 nitrogen and oxygen atoms in total. The van der Waals surface area contributed by atoms with E-state index in [0.29, 0.717) is 30.5 Å². The summed E-state index contributed by atoms with van der Waals surface area (Å²) in [6, 6.07) is 0.648. The summed E-state index contributed by atoms with van der Waals surface area (Å²) in [5.41, 5.74) is -3.20. The fourth-order valence-corrected chi connectivity index (χ4v) is 4.61. The minimum atomic E-state index is -5.07. The Kier molecular flexibility index (Phi) is 6.35. The van der Waals surface area contributed by atoms with Gasteiger partial charge in [0.2, 0.25) is 0 Å². The van der Waals surface area contributed by atoms with Gasteiger partial charge in [0.15, 0.2) is 0 Å². The van der Waals surface area contributed by atoms with Crippen LogP contribution in [-0.2, 0) is 29.9 Å². The number of fused-ring (bicyclic) bond motifs is 1. The van der Waals surface area contributed by atoms with Gasteiger partial charge in [0.05, 0.1) is 23.3 Å². The molecule has 0 aliphatic heterocycles. The molecule has 1 aromatic heterocycles. The fraction of sp³-hybridized carbons (Fsp3) is 0.400. The molecule has 0 unspecified atom stereocenters. The highest BCUT2D eigenvalue weighted by Crippen LogP contribution is 2.40. The topological polar surface area (TPSA) is 55.4 Å². The maximum atomic E-state index is 13.1. The third kappa shape index (κ3) is 5.03. The SMILES string of the molecule is CCOC(=O)c1c(NC(=O)c2cc(C(F)(F)F)cc(C(F)(F)F)c2)sc2c1CCCC2. The highest BCUT2D eigenvalue weighted by atomic mass is 32.1. The molecule has 1 aliphatic rings. The summed E-state index contributed by atoms with van der Waals surface area (Å²) in [4.78, 5) is 25.9. The number of hydrogen-bond donors (Lipinski definition) is 1. The van der Waals surface area contributed by atoms with E-state index in [1.54, 1.807) is 6.92 Å². The third-order valence-corrected chi connectivity index (χ3v) is 5.94. The molecule has 2 aromatic rings. The number of carbonyl (C=O) groups is 2. The second kappa shape index (κ2) is 8.52. The van der Waals surface area contributed by atoms with Crippen LogP contribution in [0, 0.1) is 0 Å². The van der Waals surface area contributed by atoms with E-state index in [0.717, 1.165) is 29.1 Å². The number of thiophene rings is 1. The van der Waals surface area contributed by atoms with Crippen molar-refractivity contribution < 1.29 is 40.7 Å². The number of hydrogen-bond acceptors (Lipinski definition) is 4. The molecule has 0 saturated carbocycles. The summed E-state index contributed by atoms with van der Waals surface area (Å²) in [7, 11) is 0. The highest BCUT2D eigenvalue weighted by molar-refractivity contribution is 7.17. The number of carbonyl (C=O) groups excluding carboxylic acids is 2. The van der Waals surface area contributed by atoms with E-state index in [4.69, 9.17) is 4.74 Å². The zero-order chi connectivity index (χ0) is 23.0. The van der Waals surface area contributed by atoms with Crippen molar-refractivity contribution in [2.24, 2.45) is 0 Å². The lowest BCUT2D eigenvalue weighted by Gasteiger charge is -2.14. The van der Waals surface area contributed by atoms with Crippen molar-refractivity contribution >= 4 is 28.2 Å². The third-order valence-electron chi connectivity index (χ3n) is 4.73. The summed E-state index contributed by atoms with van der Waals surface area (Å²) in [5.74, 6) is -1.88. The molecular weight excluding hydrogens is 448 g/mol. The molecule has 0 spiro atoms. The predicted molar refractivity (Wildman–Crippen MR) is 101 cm³/mol. The van der Waals surface area contributed by atoms with Crippen LogP contribution in [-0.4, -0.2) is 18.5 Å². The summed E-state index contributed by atoms with van der Waals surface area (Å²) < 4.78 is 83.5. The zero-order valence-electron chi connectivity index (χ0n) is 16.2. The minimum Gasteiger partial charge on any atom is -0.462 e. The van der Waals surface area contributed by atoms with Gasteiger partial charge in [-0.2, -0.15) is 26.3 Å². The average Bonchev–Trinajstić information content (AvgIpc) is 3.04. The Labute approximate surface area is 177 Å². The van der Waals surface area contributed by atoms with E-state index >= 15 is 0 Å². The predicted octanol–water partition coefficient (Wildman–Crippen LogP) is 6.09. The van der Waals surface area contributed by atoms with Crippen molar-refractivity contribution in [3.8, 4) is 0 Å². The van der Waals surface area contributed by atoms with Gasteiger partial charge in [0, 0.05) is 10.4 Å². The van der Waals surface area contributed by atoms with Crippen molar-refractivity contribution in [2.75, 3.05) is 11.9 Å². The van der Waals surface area contributed by atoms with Crippen LogP contribution in [0.1, 0.15) is 62.0 Å². The summed E-state index contributed by atoms with van der Waals surface area (Å²) >= 11 is 1.08. The first-order chi connectivity index (χ1) is 14.4. The molecule has 1 heterocycles. The number of amides is 1. The molecule has 0 bridgehead atoms. The van der Waals surface area contributed by atoms with Gasteiger partial charge in [-0.25, -0.2) is 4.79 Å². The Balaban J connectivity index is 2.02. The van der Waals surface area contributed by atoms with Crippen LogP contribution in [0.3, 0.4) is 0 Å². The Morgan fingerprint density at radius 3 is 2.13 bits per heavy atom. The lowest BCUT2D eigenvalue weighted by atomic mass is 9.95. The monoisotopic (exact) mass is 465 g/mol. The van der Waals surface area contributed by atoms with E-state index in [1.165, 1.54) is 0 Å². The number of halogens is 6. The van der Waals surface area contributed by atoms with Gasteiger partial charge in [-0.15, -0.1) is 11.3 Å². The van der Waals surface area contributed by atoms with Crippen LogP contribution in [0.4, 0.5) is 31.3 Å². The van der Waals surface area contributed by atoms with Gasteiger partial charge in [0.25, 0.3) is 5.91 Å². The molecule has 1 N–H and O–H groups in total. The standard InChI is InChI=1S/C20H17F6NO3S/c1-2-30-18(29)15-13-5-3-4-6-14(13)31-17(15)27-16(28)10-7-11(19(21,22)23)9-12(8-10)20(24,25)26/h7-9H,2-6H2,1H3,(H,27,28). The van der Waals surface area contributed by atoms with Crippen LogP contribution >= 0.6 is 11.3 Å². The first kappa shape index (κ1) is 23.1.